The zero-order valence-corrected chi connectivity index (χ0v) is 14.5. The SMILES string of the molecule is CC(C)c1n[nH]c(CN=C(Nc2ccccc2)N2CCCCC2)n1. The Kier molecular flexibility index (Phi) is 5.46. The van der Waals surface area contributed by atoms with E-state index in [-0.39, 0.29) is 0 Å². The first-order valence-electron chi connectivity index (χ1n) is 8.75. The number of rotatable bonds is 4. The number of aromatic amines is 1. The van der Waals surface area contributed by atoms with Gasteiger partial charge in [-0.1, -0.05) is 32.0 Å². The lowest BCUT2D eigenvalue weighted by atomic mass is 10.1. The Balaban J connectivity index is 1.74. The highest BCUT2D eigenvalue weighted by Crippen LogP contribution is 2.13. The van der Waals surface area contributed by atoms with Crippen molar-refractivity contribution >= 4 is 11.6 Å². The third-order valence-electron chi connectivity index (χ3n) is 4.13. The number of H-pyrrole nitrogens is 1. The number of nitrogens with one attached hydrogen (secondary N) is 2. The maximum absolute atomic E-state index is 4.78. The maximum Gasteiger partial charge on any atom is 0.198 e. The first-order valence-corrected chi connectivity index (χ1v) is 8.75. The van der Waals surface area contributed by atoms with Crippen molar-refractivity contribution in [2.24, 2.45) is 4.99 Å². The molecule has 0 amide bonds. The second kappa shape index (κ2) is 7.95. The van der Waals surface area contributed by atoms with Crippen LogP contribution in [0.4, 0.5) is 5.69 Å². The van der Waals surface area contributed by atoms with Crippen molar-refractivity contribution < 1.29 is 0 Å². The van der Waals surface area contributed by atoms with E-state index in [1.54, 1.807) is 0 Å². The van der Waals surface area contributed by atoms with Crippen LogP contribution in [-0.4, -0.2) is 39.1 Å². The van der Waals surface area contributed by atoms with Crippen LogP contribution < -0.4 is 5.32 Å². The second-order valence-corrected chi connectivity index (χ2v) is 6.47. The first kappa shape index (κ1) is 16.5. The topological polar surface area (TPSA) is 69.2 Å². The van der Waals surface area contributed by atoms with E-state index < -0.39 is 0 Å². The molecule has 6 nitrogen and oxygen atoms in total. The minimum atomic E-state index is 0.322. The quantitative estimate of drug-likeness (QED) is 0.667. The lowest BCUT2D eigenvalue weighted by molar-refractivity contribution is 0.340. The van der Waals surface area contributed by atoms with Crippen molar-refractivity contribution in [2.45, 2.75) is 45.6 Å². The van der Waals surface area contributed by atoms with Gasteiger partial charge in [0.25, 0.3) is 0 Å². The molecule has 128 valence electrons. The van der Waals surface area contributed by atoms with E-state index >= 15 is 0 Å². The van der Waals surface area contributed by atoms with Crippen LogP contribution in [0, 0.1) is 0 Å². The van der Waals surface area contributed by atoms with Crippen molar-refractivity contribution in [3.63, 3.8) is 0 Å². The molecule has 3 rings (SSSR count). The van der Waals surface area contributed by atoms with Crippen LogP contribution in [0.1, 0.15) is 50.7 Å². The van der Waals surface area contributed by atoms with Gasteiger partial charge in [0.05, 0.1) is 0 Å². The lowest BCUT2D eigenvalue weighted by Crippen LogP contribution is -2.40. The summed E-state index contributed by atoms with van der Waals surface area (Å²) < 4.78 is 0. The number of para-hydroxylation sites is 1. The number of guanidine groups is 1. The Morgan fingerprint density at radius 1 is 1.21 bits per heavy atom. The number of hydrogen-bond acceptors (Lipinski definition) is 3. The van der Waals surface area contributed by atoms with E-state index in [2.05, 4.69) is 51.4 Å². The minimum Gasteiger partial charge on any atom is -0.343 e. The fraction of sp³-hybridized carbons (Fsp3) is 0.500. The predicted octanol–water partition coefficient (Wildman–Crippen LogP) is 3.38. The zero-order chi connectivity index (χ0) is 16.8. The Morgan fingerprint density at radius 2 is 1.96 bits per heavy atom. The highest BCUT2D eigenvalue weighted by atomic mass is 15.3. The van der Waals surface area contributed by atoms with E-state index in [1.807, 2.05) is 18.2 Å². The summed E-state index contributed by atoms with van der Waals surface area (Å²) in [4.78, 5) is 11.6. The summed E-state index contributed by atoms with van der Waals surface area (Å²) in [6.07, 6.45) is 3.74. The average molecular weight is 326 g/mol. The molecule has 1 aliphatic heterocycles. The van der Waals surface area contributed by atoms with Gasteiger partial charge in [-0.25, -0.2) is 9.98 Å². The van der Waals surface area contributed by atoms with Gasteiger partial charge in [-0.15, -0.1) is 0 Å². The summed E-state index contributed by atoms with van der Waals surface area (Å²) in [5.74, 6) is 2.89. The van der Waals surface area contributed by atoms with Gasteiger partial charge in [-0.05, 0) is 31.4 Å². The number of nitrogens with zero attached hydrogens (tertiary/aromatic N) is 4. The summed E-state index contributed by atoms with van der Waals surface area (Å²) in [7, 11) is 0. The third kappa shape index (κ3) is 4.34. The van der Waals surface area contributed by atoms with Crippen LogP contribution in [0.2, 0.25) is 0 Å². The molecular weight excluding hydrogens is 300 g/mol. The molecule has 0 unspecified atom stereocenters. The van der Waals surface area contributed by atoms with Gasteiger partial charge in [0.1, 0.15) is 12.4 Å². The standard InChI is InChI=1S/C18H26N6/c1-14(2)17-21-16(22-23-17)13-19-18(24-11-7-4-8-12-24)20-15-9-5-3-6-10-15/h3,5-6,9-10,14H,4,7-8,11-13H2,1-2H3,(H,19,20)(H,21,22,23). The van der Waals surface area contributed by atoms with Crippen molar-refractivity contribution in [1.82, 2.24) is 20.1 Å². The third-order valence-corrected chi connectivity index (χ3v) is 4.13. The molecule has 0 spiro atoms. The first-order chi connectivity index (χ1) is 11.7. The number of likely N-dealkylation sites (tertiary alicyclic amines) is 1. The van der Waals surface area contributed by atoms with Crippen LogP contribution >= 0.6 is 0 Å². The van der Waals surface area contributed by atoms with Crippen molar-refractivity contribution in [3.8, 4) is 0 Å². The average Bonchev–Trinajstić information content (AvgIpc) is 3.09. The van der Waals surface area contributed by atoms with Gasteiger partial charge in [0.2, 0.25) is 0 Å². The normalized spacial score (nSPS) is 15.8. The monoisotopic (exact) mass is 326 g/mol. The van der Waals surface area contributed by atoms with Crippen molar-refractivity contribution in [2.75, 3.05) is 18.4 Å². The van der Waals surface area contributed by atoms with Crippen LogP contribution in [0.5, 0.6) is 0 Å². The van der Waals surface area contributed by atoms with Gasteiger partial charge < -0.3 is 10.2 Å². The number of benzene rings is 1. The van der Waals surface area contributed by atoms with Crippen LogP contribution in [-0.2, 0) is 6.54 Å². The summed E-state index contributed by atoms with van der Waals surface area (Å²) in [5.41, 5.74) is 1.06. The van der Waals surface area contributed by atoms with E-state index in [0.717, 1.165) is 36.4 Å². The molecule has 0 radical (unpaired) electrons. The summed E-state index contributed by atoms with van der Waals surface area (Å²) in [6.45, 7) is 6.78. The van der Waals surface area contributed by atoms with Gasteiger partial charge in [-0.2, -0.15) is 5.10 Å². The van der Waals surface area contributed by atoms with E-state index in [9.17, 15) is 0 Å². The fourth-order valence-electron chi connectivity index (χ4n) is 2.76. The van der Waals surface area contributed by atoms with Crippen LogP contribution in [0.3, 0.4) is 0 Å². The number of anilines is 1. The molecule has 2 heterocycles. The molecule has 6 heteroatoms. The Bertz CT molecular complexity index is 655. The molecule has 1 aromatic carbocycles. The van der Waals surface area contributed by atoms with Crippen LogP contribution in [0.25, 0.3) is 0 Å². The van der Waals surface area contributed by atoms with E-state index in [4.69, 9.17) is 4.99 Å². The van der Waals surface area contributed by atoms with Crippen molar-refractivity contribution in [1.29, 1.82) is 0 Å². The van der Waals surface area contributed by atoms with E-state index in [0.29, 0.717) is 12.5 Å². The van der Waals surface area contributed by atoms with Crippen molar-refractivity contribution in [3.05, 3.63) is 42.0 Å². The Hall–Kier alpha value is -2.37. The largest absolute Gasteiger partial charge is 0.343 e. The Morgan fingerprint density at radius 3 is 2.62 bits per heavy atom. The molecule has 2 aromatic rings. The number of aromatic nitrogens is 3. The Labute approximate surface area is 143 Å². The highest BCUT2D eigenvalue weighted by molar-refractivity contribution is 5.93. The minimum absolute atomic E-state index is 0.322. The molecule has 0 saturated carbocycles. The smallest absolute Gasteiger partial charge is 0.198 e. The summed E-state index contributed by atoms with van der Waals surface area (Å²) in [5, 5.41) is 10.7. The molecule has 1 fully saturated rings. The van der Waals surface area contributed by atoms with E-state index in [1.165, 1.54) is 19.3 Å². The summed E-state index contributed by atoms with van der Waals surface area (Å²) in [6, 6.07) is 10.2. The summed E-state index contributed by atoms with van der Waals surface area (Å²) >= 11 is 0. The molecule has 1 saturated heterocycles. The molecule has 2 N–H and O–H groups in total. The van der Waals surface area contributed by atoms with Gasteiger partial charge in [0.15, 0.2) is 11.8 Å². The fourth-order valence-corrected chi connectivity index (χ4v) is 2.76. The van der Waals surface area contributed by atoms with Gasteiger partial charge >= 0.3 is 0 Å². The molecular formula is C18H26N6. The molecule has 0 atom stereocenters. The lowest BCUT2D eigenvalue weighted by Gasteiger charge is -2.30. The van der Waals surface area contributed by atoms with Crippen LogP contribution in [0.15, 0.2) is 35.3 Å². The molecule has 0 bridgehead atoms. The molecule has 1 aliphatic rings. The number of aliphatic imine (C=N–C) groups is 1. The highest BCUT2D eigenvalue weighted by Gasteiger charge is 2.15. The molecule has 0 aliphatic carbocycles. The number of hydrogen-bond donors (Lipinski definition) is 2. The predicted molar refractivity (Wildman–Crippen MR) is 97.1 cm³/mol. The zero-order valence-electron chi connectivity index (χ0n) is 14.5. The number of piperidine rings is 1. The maximum atomic E-state index is 4.78. The second-order valence-electron chi connectivity index (χ2n) is 6.47. The molecule has 1 aromatic heterocycles. The van der Waals surface area contributed by atoms with Gasteiger partial charge in [-0.3, -0.25) is 5.10 Å². The van der Waals surface area contributed by atoms with Gasteiger partial charge in [0, 0.05) is 24.7 Å². The molecule has 24 heavy (non-hydrogen) atoms.